The lowest BCUT2D eigenvalue weighted by atomic mass is 9.96. The summed E-state index contributed by atoms with van der Waals surface area (Å²) in [7, 11) is 0. The maximum absolute atomic E-state index is 12.9. The average Bonchev–Trinajstić information content (AvgIpc) is 2.52. The lowest BCUT2D eigenvalue weighted by Crippen LogP contribution is -2.39. The molecule has 1 aromatic carbocycles. The minimum Gasteiger partial charge on any atom is -0.384 e. The van der Waals surface area contributed by atoms with Gasteiger partial charge in [0.25, 0.3) is 5.91 Å². The van der Waals surface area contributed by atoms with Crippen molar-refractivity contribution < 1.29 is 27.5 Å². The second-order valence-electron chi connectivity index (χ2n) is 5.36. The first-order valence-corrected chi connectivity index (χ1v) is 6.90. The van der Waals surface area contributed by atoms with E-state index in [4.69, 9.17) is 0 Å². The van der Waals surface area contributed by atoms with E-state index in [2.05, 4.69) is 10.3 Å². The summed E-state index contributed by atoms with van der Waals surface area (Å²) in [6.07, 6.45) is -3.65. The Morgan fingerprint density at radius 1 is 1.21 bits per heavy atom. The van der Waals surface area contributed by atoms with Crippen LogP contribution < -0.4 is 5.32 Å². The van der Waals surface area contributed by atoms with E-state index in [0.29, 0.717) is 5.56 Å². The fourth-order valence-corrected chi connectivity index (χ4v) is 2.06. The van der Waals surface area contributed by atoms with Gasteiger partial charge in [-0.1, -0.05) is 12.1 Å². The molecule has 0 spiro atoms. The van der Waals surface area contributed by atoms with Crippen molar-refractivity contribution in [2.24, 2.45) is 0 Å². The topological polar surface area (TPSA) is 62.2 Å². The summed E-state index contributed by atoms with van der Waals surface area (Å²) in [5.41, 5.74) is -3.22. The van der Waals surface area contributed by atoms with Crippen LogP contribution in [0.1, 0.15) is 28.5 Å². The van der Waals surface area contributed by atoms with Gasteiger partial charge in [0.15, 0.2) is 0 Å². The van der Waals surface area contributed by atoms with Crippen LogP contribution in [0.3, 0.4) is 0 Å². The van der Waals surface area contributed by atoms with Gasteiger partial charge in [-0.25, -0.2) is 4.39 Å². The highest BCUT2D eigenvalue weighted by atomic mass is 19.4. The summed E-state index contributed by atoms with van der Waals surface area (Å²) in [5, 5.41) is 12.5. The Morgan fingerprint density at radius 2 is 1.83 bits per heavy atom. The largest absolute Gasteiger partial charge is 0.418 e. The number of benzene rings is 1. The Morgan fingerprint density at radius 3 is 2.42 bits per heavy atom. The number of rotatable bonds is 4. The van der Waals surface area contributed by atoms with Crippen molar-refractivity contribution in [1.82, 2.24) is 10.3 Å². The highest BCUT2D eigenvalue weighted by Crippen LogP contribution is 2.31. The minimum atomic E-state index is -4.72. The predicted molar refractivity (Wildman–Crippen MR) is 77.5 cm³/mol. The molecular formula is C16H14F4N2O2. The van der Waals surface area contributed by atoms with E-state index in [0.717, 1.165) is 30.5 Å². The van der Waals surface area contributed by atoms with Crippen LogP contribution in [0, 0.1) is 5.82 Å². The van der Waals surface area contributed by atoms with Crippen LogP contribution in [0.4, 0.5) is 17.6 Å². The Balaban J connectivity index is 2.15. The number of aromatic nitrogens is 1. The lowest BCUT2D eigenvalue weighted by Gasteiger charge is -2.24. The maximum atomic E-state index is 12.9. The number of nitrogens with one attached hydrogen (secondary N) is 1. The van der Waals surface area contributed by atoms with Crippen LogP contribution in [0.15, 0.2) is 42.6 Å². The number of aliphatic hydroxyl groups is 1. The minimum absolute atomic E-state index is 0.307. The van der Waals surface area contributed by atoms with E-state index in [1.54, 1.807) is 0 Å². The first-order chi connectivity index (χ1) is 11.1. The average molecular weight is 342 g/mol. The molecule has 0 aliphatic heterocycles. The second kappa shape index (κ2) is 6.56. The highest BCUT2D eigenvalue weighted by molar-refractivity contribution is 5.93. The molecule has 2 N–H and O–H groups in total. The van der Waals surface area contributed by atoms with Crippen molar-refractivity contribution in [2.75, 3.05) is 6.54 Å². The molecule has 1 heterocycles. The lowest BCUT2D eigenvalue weighted by molar-refractivity contribution is -0.138. The normalized spacial score (nSPS) is 14.1. The molecule has 1 unspecified atom stereocenters. The molecular weight excluding hydrogens is 328 g/mol. The van der Waals surface area contributed by atoms with Gasteiger partial charge in [0.1, 0.15) is 17.1 Å². The van der Waals surface area contributed by atoms with Gasteiger partial charge < -0.3 is 10.4 Å². The van der Waals surface area contributed by atoms with Gasteiger partial charge in [-0.05, 0) is 36.8 Å². The van der Waals surface area contributed by atoms with E-state index in [1.807, 2.05) is 0 Å². The number of carbonyl (C=O) groups excluding carboxylic acids is 1. The molecule has 0 aliphatic rings. The molecule has 2 aromatic rings. The van der Waals surface area contributed by atoms with E-state index in [9.17, 15) is 27.5 Å². The Bertz CT molecular complexity index is 728. The molecule has 0 saturated heterocycles. The molecule has 2 rings (SSSR count). The SMILES string of the molecule is CC(O)(CNC(=O)c1ncccc1C(F)(F)F)c1ccc(F)cc1. The number of pyridine rings is 1. The number of alkyl halides is 3. The van der Waals surface area contributed by atoms with E-state index < -0.39 is 34.8 Å². The summed E-state index contributed by atoms with van der Waals surface area (Å²) in [5.74, 6) is -1.56. The van der Waals surface area contributed by atoms with Crippen molar-refractivity contribution in [1.29, 1.82) is 0 Å². The van der Waals surface area contributed by atoms with Gasteiger partial charge in [-0.2, -0.15) is 13.2 Å². The standard InChI is InChI=1S/C16H14F4N2O2/c1-15(24,10-4-6-11(17)7-5-10)9-22-14(23)13-12(16(18,19)20)3-2-8-21-13/h2-8,24H,9H2,1H3,(H,22,23). The Kier molecular flexibility index (Phi) is 4.88. The Labute approximate surface area is 135 Å². The number of halogens is 4. The highest BCUT2D eigenvalue weighted by Gasteiger charge is 2.36. The maximum Gasteiger partial charge on any atom is 0.418 e. The molecule has 0 bridgehead atoms. The van der Waals surface area contributed by atoms with Crippen LogP contribution in [-0.4, -0.2) is 22.5 Å². The van der Waals surface area contributed by atoms with Gasteiger partial charge in [0, 0.05) is 6.20 Å². The third-order valence-corrected chi connectivity index (χ3v) is 3.39. The van der Waals surface area contributed by atoms with Crippen molar-refractivity contribution in [3.8, 4) is 0 Å². The molecule has 0 fully saturated rings. The summed E-state index contributed by atoms with van der Waals surface area (Å²) >= 11 is 0. The number of nitrogens with zero attached hydrogens (tertiary/aromatic N) is 1. The van der Waals surface area contributed by atoms with E-state index in [-0.39, 0.29) is 6.54 Å². The first kappa shape index (κ1) is 17.9. The Hall–Kier alpha value is -2.48. The molecule has 4 nitrogen and oxygen atoms in total. The zero-order valence-electron chi connectivity index (χ0n) is 12.6. The van der Waals surface area contributed by atoms with E-state index in [1.165, 1.54) is 19.1 Å². The van der Waals surface area contributed by atoms with Gasteiger partial charge >= 0.3 is 6.18 Å². The second-order valence-corrected chi connectivity index (χ2v) is 5.36. The number of carbonyl (C=O) groups is 1. The molecule has 0 saturated carbocycles. The molecule has 1 aromatic heterocycles. The summed E-state index contributed by atoms with van der Waals surface area (Å²) < 4.78 is 51.5. The molecule has 1 amide bonds. The number of hydrogen-bond donors (Lipinski definition) is 2. The van der Waals surface area contributed by atoms with Crippen LogP contribution in [0.5, 0.6) is 0 Å². The zero-order chi connectivity index (χ0) is 18.0. The number of hydrogen-bond acceptors (Lipinski definition) is 3. The van der Waals surface area contributed by atoms with Crippen molar-refractivity contribution in [3.05, 3.63) is 65.2 Å². The molecule has 24 heavy (non-hydrogen) atoms. The van der Waals surface area contributed by atoms with Crippen LogP contribution in [0.25, 0.3) is 0 Å². The van der Waals surface area contributed by atoms with Crippen LogP contribution in [-0.2, 0) is 11.8 Å². The van der Waals surface area contributed by atoms with Gasteiger partial charge in [0.05, 0.1) is 12.1 Å². The van der Waals surface area contributed by atoms with Crippen molar-refractivity contribution in [2.45, 2.75) is 18.7 Å². The van der Waals surface area contributed by atoms with Crippen molar-refractivity contribution in [3.63, 3.8) is 0 Å². The van der Waals surface area contributed by atoms with Gasteiger partial charge in [0.2, 0.25) is 0 Å². The molecule has 8 heteroatoms. The quantitative estimate of drug-likeness (QED) is 0.840. The fourth-order valence-electron chi connectivity index (χ4n) is 2.06. The van der Waals surface area contributed by atoms with Crippen LogP contribution >= 0.6 is 0 Å². The third-order valence-electron chi connectivity index (χ3n) is 3.39. The third kappa shape index (κ3) is 4.08. The van der Waals surface area contributed by atoms with E-state index >= 15 is 0 Å². The molecule has 1 atom stereocenters. The van der Waals surface area contributed by atoms with Crippen LogP contribution in [0.2, 0.25) is 0 Å². The van der Waals surface area contributed by atoms with Crippen molar-refractivity contribution >= 4 is 5.91 Å². The van der Waals surface area contributed by atoms with Gasteiger partial charge in [-0.3, -0.25) is 9.78 Å². The summed E-state index contributed by atoms with van der Waals surface area (Å²) in [6, 6.07) is 6.74. The summed E-state index contributed by atoms with van der Waals surface area (Å²) in [4.78, 5) is 15.5. The smallest absolute Gasteiger partial charge is 0.384 e. The summed E-state index contributed by atoms with van der Waals surface area (Å²) in [6.45, 7) is 0.981. The molecule has 0 aliphatic carbocycles. The monoisotopic (exact) mass is 342 g/mol. The molecule has 128 valence electrons. The first-order valence-electron chi connectivity index (χ1n) is 6.90. The zero-order valence-corrected chi connectivity index (χ0v) is 12.6. The molecule has 0 radical (unpaired) electrons. The predicted octanol–water partition coefficient (Wildman–Crippen LogP) is 2.88. The van der Waals surface area contributed by atoms with Gasteiger partial charge in [-0.15, -0.1) is 0 Å². The number of amides is 1. The fraction of sp³-hybridized carbons (Fsp3) is 0.250.